The third kappa shape index (κ3) is 3.57. The van der Waals surface area contributed by atoms with Gasteiger partial charge in [-0.15, -0.1) is 0 Å². The molecule has 7 nitrogen and oxygen atoms in total. The highest BCUT2D eigenvalue weighted by Crippen LogP contribution is 2.20. The average Bonchev–Trinajstić information content (AvgIpc) is 2.63. The Hall–Kier alpha value is -3.19. The summed E-state index contributed by atoms with van der Waals surface area (Å²) < 4.78 is 0. The number of aromatic amines is 1. The van der Waals surface area contributed by atoms with Crippen LogP contribution in [-0.4, -0.2) is 40.5 Å². The van der Waals surface area contributed by atoms with E-state index in [0.29, 0.717) is 21.5 Å². The standard InChI is InChI=1S/C18H15ClN4O3/c1-23(10-15(24)20-14-9-5-4-8-13(14)19)18(26)16-11-6-2-3-7-12(11)17(25)22-21-16/h2-9H,10H2,1H3,(H,20,24)(H,22,25). The third-order valence-corrected chi connectivity index (χ3v) is 4.10. The zero-order valence-electron chi connectivity index (χ0n) is 13.8. The second-order valence-electron chi connectivity index (χ2n) is 5.64. The molecule has 0 fully saturated rings. The van der Waals surface area contributed by atoms with Crippen molar-refractivity contribution >= 4 is 39.9 Å². The van der Waals surface area contributed by atoms with Crippen LogP contribution in [0.2, 0.25) is 5.02 Å². The van der Waals surface area contributed by atoms with Crippen molar-refractivity contribution in [1.29, 1.82) is 0 Å². The highest BCUT2D eigenvalue weighted by atomic mass is 35.5. The van der Waals surface area contributed by atoms with Gasteiger partial charge >= 0.3 is 0 Å². The Labute approximate surface area is 153 Å². The number of para-hydroxylation sites is 1. The maximum absolute atomic E-state index is 12.7. The van der Waals surface area contributed by atoms with Gasteiger partial charge in [0.15, 0.2) is 5.69 Å². The SMILES string of the molecule is CN(CC(=O)Nc1ccccc1Cl)C(=O)c1n[nH]c(=O)c2ccccc12. The van der Waals surface area contributed by atoms with E-state index in [1.165, 1.54) is 11.9 Å². The van der Waals surface area contributed by atoms with Gasteiger partial charge in [0.25, 0.3) is 11.5 Å². The third-order valence-electron chi connectivity index (χ3n) is 3.77. The summed E-state index contributed by atoms with van der Waals surface area (Å²) >= 11 is 6.00. The van der Waals surface area contributed by atoms with E-state index in [-0.39, 0.29) is 17.8 Å². The van der Waals surface area contributed by atoms with Gasteiger partial charge in [-0.25, -0.2) is 5.10 Å². The molecule has 0 saturated heterocycles. The van der Waals surface area contributed by atoms with Crippen LogP contribution in [0.15, 0.2) is 53.3 Å². The molecule has 2 N–H and O–H groups in total. The van der Waals surface area contributed by atoms with Gasteiger partial charge in [0.1, 0.15) is 0 Å². The van der Waals surface area contributed by atoms with Crippen molar-refractivity contribution in [3.05, 3.63) is 69.6 Å². The number of amides is 2. The smallest absolute Gasteiger partial charge is 0.275 e. The Morgan fingerprint density at radius 2 is 1.77 bits per heavy atom. The molecule has 3 rings (SSSR count). The molecule has 0 unspecified atom stereocenters. The van der Waals surface area contributed by atoms with Crippen LogP contribution in [-0.2, 0) is 4.79 Å². The Bertz CT molecular complexity index is 1050. The lowest BCUT2D eigenvalue weighted by Crippen LogP contribution is -2.36. The maximum atomic E-state index is 12.7. The second-order valence-corrected chi connectivity index (χ2v) is 6.04. The van der Waals surface area contributed by atoms with E-state index in [1.807, 2.05) is 0 Å². The second kappa shape index (κ2) is 7.37. The highest BCUT2D eigenvalue weighted by Gasteiger charge is 2.20. The molecule has 0 saturated carbocycles. The fourth-order valence-corrected chi connectivity index (χ4v) is 2.68. The molecule has 0 spiro atoms. The minimum absolute atomic E-state index is 0.0771. The van der Waals surface area contributed by atoms with E-state index in [4.69, 9.17) is 11.6 Å². The molecule has 0 aliphatic heterocycles. The molecule has 2 amide bonds. The molecule has 26 heavy (non-hydrogen) atoms. The number of nitrogens with one attached hydrogen (secondary N) is 2. The summed E-state index contributed by atoms with van der Waals surface area (Å²) in [5, 5.41) is 10.0. The first-order valence-electron chi connectivity index (χ1n) is 7.74. The Morgan fingerprint density at radius 1 is 1.12 bits per heavy atom. The summed E-state index contributed by atoms with van der Waals surface area (Å²) in [6.07, 6.45) is 0. The maximum Gasteiger partial charge on any atom is 0.275 e. The molecule has 1 aromatic heterocycles. The van der Waals surface area contributed by atoms with Gasteiger partial charge in [-0.2, -0.15) is 5.10 Å². The quantitative estimate of drug-likeness (QED) is 0.736. The monoisotopic (exact) mass is 370 g/mol. The molecule has 0 bridgehead atoms. The number of anilines is 1. The molecular formula is C18H15ClN4O3. The van der Waals surface area contributed by atoms with Crippen LogP contribution in [0.25, 0.3) is 10.8 Å². The van der Waals surface area contributed by atoms with Crippen molar-refractivity contribution in [3.63, 3.8) is 0 Å². The number of halogens is 1. The lowest BCUT2D eigenvalue weighted by Gasteiger charge is -2.17. The van der Waals surface area contributed by atoms with Gasteiger partial charge in [0.05, 0.1) is 22.6 Å². The van der Waals surface area contributed by atoms with E-state index in [1.54, 1.807) is 48.5 Å². The topological polar surface area (TPSA) is 95.2 Å². The molecular weight excluding hydrogens is 356 g/mol. The number of carbonyl (C=O) groups excluding carboxylic acids is 2. The zero-order valence-corrected chi connectivity index (χ0v) is 14.6. The van der Waals surface area contributed by atoms with Crippen LogP contribution in [0.5, 0.6) is 0 Å². The van der Waals surface area contributed by atoms with Crippen LogP contribution in [0.4, 0.5) is 5.69 Å². The normalized spacial score (nSPS) is 10.5. The first kappa shape index (κ1) is 17.6. The van der Waals surface area contributed by atoms with Crippen molar-refractivity contribution < 1.29 is 9.59 Å². The van der Waals surface area contributed by atoms with Gasteiger partial charge in [-0.1, -0.05) is 41.9 Å². The molecule has 0 aliphatic rings. The number of rotatable bonds is 4. The van der Waals surface area contributed by atoms with Gasteiger partial charge < -0.3 is 10.2 Å². The van der Waals surface area contributed by atoms with Crippen LogP contribution in [0.3, 0.4) is 0 Å². The largest absolute Gasteiger partial charge is 0.331 e. The molecule has 8 heteroatoms. The molecule has 3 aromatic rings. The molecule has 1 heterocycles. The summed E-state index contributed by atoms with van der Waals surface area (Å²) in [6, 6.07) is 13.5. The first-order valence-corrected chi connectivity index (χ1v) is 8.12. The van der Waals surface area contributed by atoms with Crippen molar-refractivity contribution in [3.8, 4) is 0 Å². The zero-order chi connectivity index (χ0) is 18.7. The lowest BCUT2D eigenvalue weighted by molar-refractivity contribution is -0.116. The number of fused-ring (bicyclic) bond motifs is 1. The number of aromatic nitrogens is 2. The summed E-state index contributed by atoms with van der Waals surface area (Å²) in [7, 11) is 1.48. The van der Waals surface area contributed by atoms with E-state index < -0.39 is 11.8 Å². The van der Waals surface area contributed by atoms with Crippen LogP contribution < -0.4 is 10.9 Å². The summed E-state index contributed by atoms with van der Waals surface area (Å²) in [5.41, 5.74) is 0.164. The Morgan fingerprint density at radius 3 is 2.50 bits per heavy atom. The molecule has 132 valence electrons. The van der Waals surface area contributed by atoms with Gasteiger partial charge in [-0.3, -0.25) is 14.4 Å². The fraction of sp³-hybridized carbons (Fsp3) is 0.111. The minimum Gasteiger partial charge on any atom is -0.331 e. The number of benzene rings is 2. The summed E-state index contributed by atoms with van der Waals surface area (Å²) in [6.45, 7) is -0.195. The van der Waals surface area contributed by atoms with Gasteiger partial charge in [-0.05, 0) is 18.2 Å². The van der Waals surface area contributed by atoms with E-state index >= 15 is 0 Å². The Balaban J connectivity index is 1.78. The van der Waals surface area contributed by atoms with Gasteiger partial charge in [0, 0.05) is 12.4 Å². The molecule has 0 aliphatic carbocycles. The predicted octanol–water partition coefficient (Wildman–Crippen LogP) is 2.29. The summed E-state index contributed by atoms with van der Waals surface area (Å²) in [5.74, 6) is -0.880. The highest BCUT2D eigenvalue weighted by molar-refractivity contribution is 6.33. The fourth-order valence-electron chi connectivity index (χ4n) is 2.50. The van der Waals surface area contributed by atoms with E-state index in [9.17, 15) is 14.4 Å². The number of likely N-dealkylation sites (N-methyl/N-ethyl adjacent to an activating group) is 1. The van der Waals surface area contributed by atoms with Gasteiger partial charge in [0.2, 0.25) is 5.91 Å². The van der Waals surface area contributed by atoms with Crippen LogP contribution >= 0.6 is 11.6 Å². The molecule has 0 radical (unpaired) electrons. The van der Waals surface area contributed by atoms with E-state index in [0.717, 1.165) is 0 Å². The van der Waals surface area contributed by atoms with E-state index in [2.05, 4.69) is 15.5 Å². The Kier molecular flexibility index (Phi) is 4.99. The number of nitrogens with zero attached hydrogens (tertiary/aromatic N) is 2. The van der Waals surface area contributed by atoms with Crippen molar-refractivity contribution in [2.75, 3.05) is 18.9 Å². The van der Waals surface area contributed by atoms with Crippen molar-refractivity contribution in [2.24, 2.45) is 0 Å². The van der Waals surface area contributed by atoms with Crippen LogP contribution in [0.1, 0.15) is 10.5 Å². The summed E-state index contributed by atoms with van der Waals surface area (Å²) in [4.78, 5) is 37.9. The number of H-pyrrole nitrogens is 1. The van der Waals surface area contributed by atoms with Crippen molar-refractivity contribution in [1.82, 2.24) is 15.1 Å². The average molecular weight is 371 g/mol. The number of carbonyl (C=O) groups is 2. The molecule has 0 atom stereocenters. The predicted molar refractivity (Wildman–Crippen MR) is 99.4 cm³/mol. The number of hydrogen-bond donors (Lipinski definition) is 2. The lowest BCUT2D eigenvalue weighted by atomic mass is 10.1. The minimum atomic E-state index is -0.480. The molecule has 2 aromatic carbocycles. The first-order chi connectivity index (χ1) is 12.5. The van der Waals surface area contributed by atoms with Crippen LogP contribution in [0, 0.1) is 0 Å². The van der Waals surface area contributed by atoms with Crippen molar-refractivity contribution in [2.45, 2.75) is 0 Å². The number of hydrogen-bond acceptors (Lipinski definition) is 4.